The summed E-state index contributed by atoms with van der Waals surface area (Å²) in [6.07, 6.45) is 2.61. The Balaban J connectivity index is 2.12. The van der Waals surface area contributed by atoms with Gasteiger partial charge >= 0.3 is 0 Å². The van der Waals surface area contributed by atoms with E-state index < -0.39 is 9.84 Å². The van der Waals surface area contributed by atoms with Crippen molar-refractivity contribution >= 4 is 9.84 Å². The van der Waals surface area contributed by atoms with Crippen molar-refractivity contribution in [2.75, 3.05) is 37.7 Å². The molecule has 0 radical (unpaired) electrons. The maximum atomic E-state index is 11.4. The van der Waals surface area contributed by atoms with E-state index in [-0.39, 0.29) is 17.5 Å². The highest BCUT2D eigenvalue weighted by Crippen LogP contribution is 2.05. The summed E-state index contributed by atoms with van der Waals surface area (Å²) in [4.78, 5) is 2.42. The van der Waals surface area contributed by atoms with Crippen LogP contribution in [0.25, 0.3) is 0 Å². The van der Waals surface area contributed by atoms with Crippen molar-refractivity contribution < 1.29 is 8.42 Å². The number of hydrogen-bond acceptors (Lipinski definition) is 4. The zero-order chi connectivity index (χ0) is 12.0. The van der Waals surface area contributed by atoms with Crippen LogP contribution in [0.1, 0.15) is 26.7 Å². The largest absolute Gasteiger partial charge is 0.312 e. The molecule has 0 aromatic heterocycles. The molecule has 0 aromatic rings. The molecule has 0 aromatic carbocycles. The Labute approximate surface area is 99.3 Å². The lowest BCUT2D eigenvalue weighted by Crippen LogP contribution is -2.38. The van der Waals surface area contributed by atoms with Crippen LogP contribution in [0.4, 0.5) is 0 Å². The molecule has 0 aliphatic carbocycles. The topological polar surface area (TPSA) is 49.4 Å². The lowest BCUT2D eigenvalue weighted by Gasteiger charge is -2.18. The number of sulfone groups is 1. The molecule has 1 aliphatic rings. The fraction of sp³-hybridized carbons (Fsp3) is 1.00. The summed E-state index contributed by atoms with van der Waals surface area (Å²) in [6.45, 7) is 7.97. The fourth-order valence-electron chi connectivity index (χ4n) is 2.03. The Morgan fingerprint density at radius 2 is 1.94 bits per heavy atom. The van der Waals surface area contributed by atoms with Crippen molar-refractivity contribution in [3.63, 3.8) is 0 Å². The third-order valence-corrected chi connectivity index (χ3v) is 4.95. The molecule has 4 nitrogen and oxygen atoms in total. The lowest BCUT2D eigenvalue weighted by atomic mass is 10.4. The van der Waals surface area contributed by atoms with Gasteiger partial charge in [0.2, 0.25) is 0 Å². The number of nitrogens with zero attached hydrogens (tertiary/aromatic N) is 1. The van der Waals surface area contributed by atoms with Crippen LogP contribution in [-0.2, 0) is 9.84 Å². The zero-order valence-electron chi connectivity index (χ0n) is 10.4. The molecular weight excluding hydrogens is 224 g/mol. The number of likely N-dealkylation sites (tertiary alicyclic amines) is 1. The van der Waals surface area contributed by atoms with Crippen molar-refractivity contribution in [1.29, 1.82) is 0 Å². The van der Waals surface area contributed by atoms with Gasteiger partial charge in [-0.3, -0.25) is 0 Å². The summed E-state index contributed by atoms with van der Waals surface area (Å²) in [5.41, 5.74) is 0. The van der Waals surface area contributed by atoms with Gasteiger partial charge in [0.05, 0.1) is 5.75 Å². The van der Waals surface area contributed by atoms with Gasteiger partial charge < -0.3 is 10.2 Å². The van der Waals surface area contributed by atoms with Gasteiger partial charge in [0.25, 0.3) is 0 Å². The molecule has 0 amide bonds. The van der Waals surface area contributed by atoms with E-state index in [1.807, 2.05) is 6.92 Å². The summed E-state index contributed by atoms with van der Waals surface area (Å²) < 4.78 is 22.8. The van der Waals surface area contributed by atoms with Crippen molar-refractivity contribution in [2.45, 2.75) is 32.7 Å². The third-order valence-electron chi connectivity index (χ3n) is 3.06. The second-order valence-corrected chi connectivity index (χ2v) is 7.00. The Morgan fingerprint density at radius 1 is 1.31 bits per heavy atom. The van der Waals surface area contributed by atoms with Crippen LogP contribution in [0.3, 0.4) is 0 Å². The molecule has 0 saturated carbocycles. The molecule has 1 saturated heterocycles. The third kappa shape index (κ3) is 5.27. The van der Waals surface area contributed by atoms with Gasteiger partial charge in [0, 0.05) is 24.9 Å². The van der Waals surface area contributed by atoms with Crippen molar-refractivity contribution in [3.8, 4) is 0 Å². The highest BCUT2D eigenvalue weighted by molar-refractivity contribution is 7.91. The first-order valence-corrected chi connectivity index (χ1v) is 8.02. The molecule has 1 rings (SSSR count). The highest BCUT2D eigenvalue weighted by atomic mass is 32.2. The van der Waals surface area contributed by atoms with Gasteiger partial charge in [-0.05, 0) is 32.9 Å². The maximum Gasteiger partial charge on any atom is 0.151 e. The molecule has 5 heteroatoms. The van der Waals surface area contributed by atoms with E-state index in [1.54, 1.807) is 6.92 Å². The van der Waals surface area contributed by atoms with Gasteiger partial charge in [0.15, 0.2) is 9.84 Å². The van der Waals surface area contributed by atoms with Gasteiger partial charge in [-0.15, -0.1) is 0 Å². The Hall–Kier alpha value is -0.130. The minimum absolute atomic E-state index is 0.0625. The summed E-state index contributed by atoms with van der Waals surface area (Å²) in [5, 5.41) is 3.28. The molecule has 0 spiro atoms. The van der Waals surface area contributed by atoms with Crippen molar-refractivity contribution in [1.82, 2.24) is 10.2 Å². The van der Waals surface area contributed by atoms with E-state index in [0.29, 0.717) is 0 Å². The first kappa shape index (κ1) is 13.9. The molecule has 16 heavy (non-hydrogen) atoms. The summed E-state index contributed by atoms with van der Waals surface area (Å²) in [5.74, 6) is 0.495. The quantitative estimate of drug-likeness (QED) is 0.712. The second kappa shape index (κ2) is 6.57. The molecule has 96 valence electrons. The predicted octanol–water partition coefficient (Wildman–Crippen LogP) is 0.495. The molecule has 0 bridgehead atoms. The minimum Gasteiger partial charge on any atom is -0.312 e. The Bertz CT molecular complexity index is 284. The lowest BCUT2D eigenvalue weighted by molar-refractivity contribution is 0.331. The van der Waals surface area contributed by atoms with Crippen LogP contribution in [0.5, 0.6) is 0 Å². The van der Waals surface area contributed by atoms with E-state index in [9.17, 15) is 8.42 Å². The van der Waals surface area contributed by atoms with Crippen LogP contribution in [0.2, 0.25) is 0 Å². The first-order valence-electron chi connectivity index (χ1n) is 6.19. The van der Waals surface area contributed by atoms with Gasteiger partial charge in [-0.2, -0.15) is 0 Å². The maximum absolute atomic E-state index is 11.4. The average Bonchev–Trinajstić information content (AvgIpc) is 2.70. The molecule has 1 unspecified atom stereocenters. The molecule has 1 fully saturated rings. The zero-order valence-corrected chi connectivity index (χ0v) is 11.2. The first-order chi connectivity index (χ1) is 7.53. The molecule has 1 aliphatic heterocycles. The van der Waals surface area contributed by atoms with E-state index in [4.69, 9.17) is 0 Å². The van der Waals surface area contributed by atoms with Crippen LogP contribution in [0.15, 0.2) is 0 Å². The standard InChI is InChI=1S/C11H24N2O2S/c1-3-16(14,15)10-11(2)12-6-9-13-7-4-5-8-13/h11-12H,3-10H2,1-2H3. The van der Waals surface area contributed by atoms with Crippen LogP contribution in [-0.4, -0.2) is 57.0 Å². The minimum atomic E-state index is -2.84. The Kier molecular flexibility index (Phi) is 5.72. The molecule has 1 heterocycles. The number of nitrogens with one attached hydrogen (secondary N) is 1. The monoisotopic (exact) mass is 248 g/mol. The van der Waals surface area contributed by atoms with Gasteiger partial charge in [-0.25, -0.2) is 8.42 Å². The van der Waals surface area contributed by atoms with E-state index in [1.165, 1.54) is 25.9 Å². The molecular formula is C11H24N2O2S. The fourth-order valence-corrected chi connectivity index (χ4v) is 3.15. The summed E-state index contributed by atoms with van der Waals surface area (Å²) in [7, 11) is -2.84. The van der Waals surface area contributed by atoms with Crippen LogP contribution in [0, 0.1) is 0 Å². The summed E-state index contributed by atoms with van der Waals surface area (Å²) in [6, 6.07) is 0.0625. The smallest absolute Gasteiger partial charge is 0.151 e. The molecule has 1 atom stereocenters. The predicted molar refractivity (Wildman–Crippen MR) is 67.5 cm³/mol. The number of hydrogen-bond donors (Lipinski definition) is 1. The van der Waals surface area contributed by atoms with Gasteiger partial charge in [-0.1, -0.05) is 6.92 Å². The highest BCUT2D eigenvalue weighted by Gasteiger charge is 2.14. The summed E-state index contributed by atoms with van der Waals surface area (Å²) >= 11 is 0. The number of rotatable bonds is 7. The molecule has 1 N–H and O–H groups in total. The van der Waals surface area contributed by atoms with Crippen molar-refractivity contribution in [2.24, 2.45) is 0 Å². The SMILES string of the molecule is CCS(=O)(=O)CC(C)NCCN1CCCC1. The van der Waals surface area contributed by atoms with E-state index >= 15 is 0 Å². The normalized spacial score (nSPS) is 20.1. The van der Waals surface area contributed by atoms with Crippen LogP contribution >= 0.6 is 0 Å². The average molecular weight is 248 g/mol. The van der Waals surface area contributed by atoms with Gasteiger partial charge in [0.1, 0.15) is 0 Å². The van der Waals surface area contributed by atoms with E-state index in [2.05, 4.69) is 10.2 Å². The van der Waals surface area contributed by atoms with Crippen molar-refractivity contribution in [3.05, 3.63) is 0 Å². The Morgan fingerprint density at radius 3 is 2.50 bits per heavy atom. The van der Waals surface area contributed by atoms with E-state index in [0.717, 1.165) is 13.1 Å². The second-order valence-electron chi connectivity index (χ2n) is 4.60. The van der Waals surface area contributed by atoms with Crippen LogP contribution < -0.4 is 5.32 Å².